The lowest BCUT2D eigenvalue weighted by atomic mass is 10.6. The van der Waals surface area contributed by atoms with Crippen LogP contribution in [0.3, 0.4) is 0 Å². The lowest BCUT2D eigenvalue weighted by Gasteiger charge is -2.18. The molecular weight excluding hydrogens is 134 g/mol. The third-order valence-electron chi connectivity index (χ3n) is 1.19. The minimum absolute atomic E-state index is 0.268. The Morgan fingerprint density at radius 1 is 1.90 bits per heavy atom. The Morgan fingerprint density at radius 3 is 3.00 bits per heavy atom. The molecule has 2 N–H and O–H groups in total. The van der Waals surface area contributed by atoms with Gasteiger partial charge in [-0.2, -0.15) is 10.6 Å². The zero-order chi connectivity index (χ0) is 7.61. The number of aliphatic imine (C=N–C) groups is 1. The number of hydrogen-bond acceptors (Lipinski definition) is 3. The van der Waals surface area contributed by atoms with Crippen LogP contribution in [0, 0.1) is 0 Å². The Labute approximate surface area is 58.5 Å². The van der Waals surface area contributed by atoms with Crippen molar-refractivity contribution in [1.82, 2.24) is 5.43 Å². The van der Waals surface area contributed by atoms with Gasteiger partial charge in [-0.3, -0.25) is 4.79 Å². The van der Waals surface area contributed by atoms with Crippen molar-refractivity contribution in [3.63, 3.8) is 0 Å². The summed E-state index contributed by atoms with van der Waals surface area (Å²) in [5, 5.41) is 9.32. The van der Waals surface area contributed by atoms with Gasteiger partial charge in [0, 0.05) is 6.92 Å². The van der Waals surface area contributed by atoms with Gasteiger partial charge < -0.3 is 0 Å². The van der Waals surface area contributed by atoms with Gasteiger partial charge in [-0.1, -0.05) is 0 Å². The standard InChI is InChI=1S/C5H9N3O2/c1-5(9)7-8(10)3-2-6-4-8/h4,10H,2-3H2,1H3/p+1. The van der Waals surface area contributed by atoms with Crippen molar-refractivity contribution in [2.24, 2.45) is 4.99 Å². The third kappa shape index (κ3) is 1.52. The normalized spacial score (nSPS) is 30.6. The van der Waals surface area contributed by atoms with E-state index in [1.165, 1.54) is 13.3 Å². The molecule has 0 fully saturated rings. The molecule has 1 aliphatic rings. The van der Waals surface area contributed by atoms with Crippen molar-refractivity contribution in [3.05, 3.63) is 0 Å². The van der Waals surface area contributed by atoms with Crippen molar-refractivity contribution < 1.29 is 14.8 Å². The van der Waals surface area contributed by atoms with Crippen LogP contribution in [0.5, 0.6) is 0 Å². The molecule has 10 heavy (non-hydrogen) atoms. The van der Waals surface area contributed by atoms with Gasteiger partial charge >= 0.3 is 0 Å². The van der Waals surface area contributed by atoms with Gasteiger partial charge in [0.1, 0.15) is 0 Å². The molecule has 0 aromatic heterocycles. The fourth-order valence-corrected chi connectivity index (χ4v) is 0.818. The second-order valence-electron chi connectivity index (χ2n) is 2.24. The zero-order valence-electron chi connectivity index (χ0n) is 5.74. The number of hydroxylamine groups is 2. The quantitative estimate of drug-likeness (QED) is 0.477. The fourth-order valence-electron chi connectivity index (χ4n) is 0.818. The van der Waals surface area contributed by atoms with E-state index in [1.54, 1.807) is 0 Å². The first-order chi connectivity index (χ1) is 4.62. The van der Waals surface area contributed by atoms with Crippen LogP contribution in [-0.4, -0.2) is 35.3 Å². The molecule has 0 saturated carbocycles. The smallest absolute Gasteiger partial charge is 0.265 e. The average Bonchev–Trinajstić information content (AvgIpc) is 2.12. The zero-order valence-corrected chi connectivity index (χ0v) is 5.74. The summed E-state index contributed by atoms with van der Waals surface area (Å²) in [5.41, 5.74) is 2.32. The maximum Gasteiger partial charge on any atom is 0.265 e. The molecule has 0 radical (unpaired) electrons. The maximum atomic E-state index is 10.5. The maximum absolute atomic E-state index is 10.5. The lowest BCUT2D eigenvalue weighted by molar-refractivity contribution is -1.05. The Morgan fingerprint density at radius 2 is 2.60 bits per heavy atom. The summed E-state index contributed by atoms with van der Waals surface area (Å²) in [5.74, 6) is -0.268. The second kappa shape index (κ2) is 2.36. The predicted molar refractivity (Wildman–Crippen MR) is 34.1 cm³/mol. The van der Waals surface area contributed by atoms with Gasteiger partial charge in [-0.05, 0) is 4.76 Å². The SMILES string of the molecule is CC(=O)N[N+]1(O)C=NCC1. The molecule has 1 amide bonds. The molecule has 1 atom stereocenters. The lowest BCUT2D eigenvalue weighted by Crippen LogP contribution is -2.55. The van der Waals surface area contributed by atoms with Crippen LogP contribution in [0.4, 0.5) is 0 Å². The Kier molecular flexibility index (Phi) is 1.69. The van der Waals surface area contributed by atoms with E-state index >= 15 is 0 Å². The molecule has 0 saturated heterocycles. The Bertz CT molecular complexity index is 180. The molecule has 5 heteroatoms. The van der Waals surface area contributed by atoms with Crippen molar-refractivity contribution in [3.8, 4) is 0 Å². The van der Waals surface area contributed by atoms with E-state index in [9.17, 15) is 10.0 Å². The van der Waals surface area contributed by atoms with Gasteiger partial charge in [0.2, 0.25) is 6.34 Å². The predicted octanol–water partition coefficient (Wildman–Crippen LogP) is -0.715. The fraction of sp³-hybridized carbons (Fsp3) is 0.600. The second-order valence-corrected chi connectivity index (χ2v) is 2.24. The van der Waals surface area contributed by atoms with E-state index in [-0.39, 0.29) is 5.91 Å². The highest BCUT2D eigenvalue weighted by Gasteiger charge is 2.28. The number of nitrogens with one attached hydrogen (secondary N) is 1. The monoisotopic (exact) mass is 144 g/mol. The van der Waals surface area contributed by atoms with Gasteiger partial charge in [0.15, 0.2) is 6.54 Å². The summed E-state index contributed by atoms with van der Waals surface area (Å²) in [6.07, 6.45) is 1.31. The van der Waals surface area contributed by atoms with E-state index in [4.69, 9.17) is 0 Å². The van der Waals surface area contributed by atoms with Gasteiger partial charge in [-0.15, -0.1) is 0 Å². The van der Waals surface area contributed by atoms with Crippen LogP contribution in [-0.2, 0) is 4.79 Å². The molecule has 0 aromatic rings. The Hall–Kier alpha value is -0.940. The summed E-state index contributed by atoms with van der Waals surface area (Å²) in [6.45, 7) is 2.32. The highest BCUT2D eigenvalue weighted by molar-refractivity contribution is 5.72. The first-order valence-corrected chi connectivity index (χ1v) is 3.03. The molecule has 5 nitrogen and oxygen atoms in total. The molecule has 0 aromatic carbocycles. The number of amides is 1. The first kappa shape index (κ1) is 7.17. The average molecular weight is 144 g/mol. The number of quaternary nitrogens is 1. The van der Waals surface area contributed by atoms with E-state index < -0.39 is 4.76 Å². The Balaban J connectivity index is 2.52. The summed E-state index contributed by atoms with van der Waals surface area (Å²) < 4.78 is -0.560. The highest BCUT2D eigenvalue weighted by Crippen LogP contribution is 1.98. The van der Waals surface area contributed by atoms with Gasteiger partial charge in [0.25, 0.3) is 5.91 Å². The number of carbonyl (C=O) groups is 1. The molecule has 1 unspecified atom stereocenters. The van der Waals surface area contributed by atoms with Crippen molar-refractivity contribution in [2.75, 3.05) is 13.1 Å². The van der Waals surface area contributed by atoms with Crippen molar-refractivity contribution in [1.29, 1.82) is 0 Å². The van der Waals surface area contributed by atoms with Crippen LogP contribution in [0.2, 0.25) is 0 Å². The largest absolute Gasteiger partial charge is 0.270 e. The molecule has 1 rings (SSSR count). The van der Waals surface area contributed by atoms with Crippen LogP contribution in [0.15, 0.2) is 4.99 Å². The summed E-state index contributed by atoms with van der Waals surface area (Å²) in [6, 6.07) is 0. The molecule has 1 heterocycles. The minimum Gasteiger partial charge on any atom is -0.270 e. The van der Waals surface area contributed by atoms with Crippen molar-refractivity contribution >= 4 is 12.2 Å². The summed E-state index contributed by atoms with van der Waals surface area (Å²) >= 11 is 0. The number of rotatable bonds is 1. The van der Waals surface area contributed by atoms with E-state index in [2.05, 4.69) is 10.4 Å². The minimum atomic E-state index is -0.560. The topological polar surface area (TPSA) is 61.7 Å². The molecule has 56 valence electrons. The van der Waals surface area contributed by atoms with Crippen LogP contribution in [0.25, 0.3) is 0 Å². The van der Waals surface area contributed by atoms with Gasteiger partial charge in [0.05, 0.1) is 6.54 Å². The highest BCUT2D eigenvalue weighted by atomic mass is 16.6. The molecule has 0 aliphatic carbocycles. The molecule has 0 spiro atoms. The summed E-state index contributed by atoms with van der Waals surface area (Å²) in [7, 11) is 0. The van der Waals surface area contributed by atoms with E-state index in [1.807, 2.05) is 0 Å². The van der Waals surface area contributed by atoms with E-state index in [0.29, 0.717) is 13.1 Å². The molecule has 1 aliphatic heterocycles. The van der Waals surface area contributed by atoms with Crippen LogP contribution in [0.1, 0.15) is 6.92 Å². The van der Waals surface area contributed by atoms with E-state index in [0.717, 1.165) is 0 Å². The molecular formula is C5H10N3O2+. The first-order valence-electron chi connectivity index (χ1n) is 3.03. The van der Waals surface area contributed by atoms with Crippen LogP contribution >= 0.6 is 0 Å². The van der Waals surface area contributed by atoms with Gasteiger partial charge in [-0.25, -0.2) is 4.99 Å². The van der Waals surface area contributed by atoms with Crippen molar-refractivity contribution in [2.45, 2.75) is 6.92 Å². The summed E-state index contributed by atoms with van der Waals surface area (Å²) in [4.78, 5) is 14.2. The number of carbonyl (C=O) groups excluding carboxylic acids is 1. The number of hydrogen-bond donors (Lipinski definition) is 2. The van der Waals surface area contributed by atoms with Crippen LogP contribution < -0.4 is 5.43 Å². The third-order valence-corrected chi connectivity index (χ3v) is 1.19. The molecule has 0 bridgehead atoms. The number of nitrogens with zero attached hydrogens (tertiary/aromatic N) is 2.